The zero-order valence-electron chi connectivity index (χ0n) is 16.5. The van der Waals surface area contributed by atoms with Gasteiger partial charge >= 0.3 is 0 Å². The van der Waals surface area contributed by atoms with Gasteiger partial charge in [0.05, 0.1) is 18.0 Å². The van der Waals surface area contributed by atoms with E-state index in [1.54, 1.807) is 7.11 Å². The minimum atomic E-state index is -0.344. The second kappa shape index (κ2) is 8.93. The Labute approximate surface area is 169 Å². The fourth-order valence-corrected chi connectivity index (χ4v) is 3.74. The molecule has 1 amide bonds. The summed E-state index contributed by atoms with van der Waals surface area (Å²) in [6.45, 7) is 6.60. The van der Waals surface area contributed by atoms with Gasteiger partial charge in [-0.2, -0.15) is 0 Å². The lowest BCUT2D eigenvalue weighted by Gasteiger charge is -2.15. The summed E-state index contributed by atoms with van der Waals surface area (Å²) in [4.78, 5) is 12.7. The van der Waals surface area contributed by atoms with E-state index in [2.05, 4.69) is 15.5 Å². The van der Waals surface area contributed by atoms with Crippen LogP contribution in [-0.2, 0) is 11.3 Å². The number of aromatic nitrogens is 3. The molecule has 1 N–H and O–H groups in total. The summed E-state index contributed by atoms with van der Waals surface area (Å²) in [6, 6.07) is 15.6. The lowest BCUT2D eigenvalue weighted by Crippen LogP contribution is -2.23. The van der Waals surface area contributed by atoms with Crippen LogP contribution in [-0.4, -0.2) is 33.0 Å². The van der Waals surface area contributed by atoms with Crippen molar-refractivity contribution in [3.8, 4) is 17.1 Å². The molecule has 0 aliphatic carbocycles. The normalized spacial score (nSPS) is 11.9. The zero-order chi connectivity index (χ0) is 20.1. The van der Waals surface area contributed by atoms with Crippen molar-refractivity contribution in [3.05, 3.63) is 54.1 Å². The maximum absolute atomic E-state index is 12.7. The Morgan fingerprint density at radius 1 is 1.21 bits per heavy atom. The number of carbonyl (C=O) groups is 1. The van der Waals surface area contributed by atoms with Crippen LogP contribution in [0, 0.1) is 6.92 Å². The molecule has 7 heteroatoms. The fourth-order valence-electron chi connectivity index (χ4n) is 2.83. The molecule has 0 spiro atoms. The fraction of sp³-hybridized carbons (Fsp3) is 0.286. The monoisotopic (exact) mass is 396 g/mol. The second-order valence-electron chi connectivity index (χ2n) is 6.37. The molecule has 0 aliphatic heterocycles. The molecule has 0 radical (unpaired) electrons. The van der Waals surface area contributed by atoms with E-state index in [-0.39, 0.29) is 11.2 Å². The van der Waals surface area contributed by atoms with E-state index in [1.165, 1.54) is 11.8 Å². The number of benzene rings is 2. The number of anilines is 1. The highest BCUT2D eigenvalue weighted by molar-refractivity contribution is 8.00. The van der Waals surface area contributed by atoms with Gasteiger partial charge in [-0.15, -0.1) is 10.2 Å². The highest BCUT2D eigenvalue weighted by Crippen LogP contribution is 2.29. The van der Waals surface area contributed by atoms with E-state index in [9.17, 15) is 4.79 Å². The van der Waals surface area contributed by atoms with Crippen LogP contribution in [0.5, 0.6) is 5.75 Å². The van der Waals surface area contributed by atoms with Gasteiger partial charge in [-0.1, -0.05) is 48.2 Å². The van der Waals surface area contributed by atoms with E-state index < -0.39 is 0 Å². The summed E-state index contributed by atoms with van der Waals surface area (Å²) in [5, 5.41) is 12.0. The van der Waals surface area contributed by atoms with Crippen LogP contribution < -0.4 is 10.1 Å². The third-order valence-electron chi connectivity index (χ3n) is 4.33. The first-order chi connectivity index (χ1) is 13.5. The Morgan fingerprint density at radius 3 is 2.64 bits per heavy atom. The number of amides is 1. The number of nitrogens with zero attached hydrogens (tertiary/aromatic N) is 3. The minimum Gasteiger partial charge on any atom is -0.495 e. The van der Waals surface area contributed by atoms with Crippen molar-refractivity contribution in [2.24, 2.45) is 0 Å². The number of aryl methyl sites for hydroxylation is 1. The van der Waals surface area contributed by atoms with E-state index >= 15 is 0 Å². The SMILES string of the molecule is CCn1c(S[C@H](C)C(=O)Nc2cc(C)ccc2OC)nnc1-c1ccccc1. The zero-order valence-corrected chi connectivity index (χ0v) is 17.3. The number of nitrogens with one attached hydrogen (secondary N) is 1. The lowest BCUT2D eigenvalue weighted by atomic mass is 10.2. The minimum absolute atomic E-state index is 0.110. The van der Waals surface area contributed by atoms with Crippen molar-refractivity contribution >= 4 is 23.4 Å². The summed E-state index contributed by atoms with van der Waals surface area (Å²) in [6.07, 6.45) is 0. The summed E-state index contributed by atoms with van der Waals surface area (Å²) in [7, 11) is 1.59. The van der Waals surface area contributed by atoms with E-state index in [4.69, 9.17) is 4.74 Å². The van der Waals surface area contributed by atoms with Crippen LogP contribution in [0.1, 0.15) is 19.4 Å². The molecular weight excluding hydrogens is 372 g/mol. The molecule has 0 aliphatic rings. The molecule has 1 aromatic heterocycles. The van der Waals surface area contributed by atoms with Crippen molar-refractivity contribution < 1.29 is 9.53 Å². The Bertz CT molecular complexity index is 956. The largest absolute Gasteiger partial charge is 0.495 e. The molecule has 28 heavy (non-hydrogen) atoms. The summed E-state index contributed by atoms with van der Waals surface area (Å²) in [5.41, 5.74) is 2.72. The number of carbonyl (C=O) groups excluding carboxylic acids is 1. The average Bonchev–Trinajstić information content (AvgIpc) is 3.11. The van der Waals surface area contributed by atoms with Gasteiger partial charge in [-0.3, -0.25) is 4.79 Å². The highest BCUT2D eigenvalue weighted by Gasteiger charge is 2.21. The van der Waals surface area contributed by atoms with Crippen molar-refractivity contribution in [2.75, 3.05) is 12.4 Å². The quantitative estimate of drug-likeness (QED) is 0.600. The van der Waals surface area contributed by atoms with Crippen LogP contribution in [0.25, 0.3) is 11.4 Å². The molecule has 1 atom stereocenters. The molecule has 2 aromatic carbocycles. The van der Waals surface area contributed by atoms with Gasteiger partial charge in [-0.05, 0) is 38.5 Å². The predicted octanol–water partition coefficient (Wildman–Crippen LogP) is 4.40. The number of hydrogen-bond donors (Lipinski definition) is 1. The van der Waals surface area contributed by atoms with E-state index in [0.717, 1.165) is 28.7 Å². The Morgan fingerprint density at radius 2 is 1.96 bits per heavy atom. The standard InChI is InChI=1S/C21H24N4O2S/c1-5-25-19(16-9-7-6-8-10-16)23-24-21(25)28-15(3)20(26)22-17-13-14(2)11-12-18(17)27-4/h6-13,15H,5H2,1-4H3,(H,22,26)/t15-/m1/s1. The van der Waals surface area contributed by atoms with Gasteiger partial charge in [-0.25, -0.2) is 0 Å². The van der Waals surface area contributed by atoms with Gasteiger partial charge in [0.2, 0.25) is 5.91 Å². The first kappa shape index (κ1) is 19.9. The van der Waals surface area contributed by atoms with Crippen LogP contribution in [0.3, 0.4) is 0 Å². The smallest absolute Gasteiger partial charge is 0.237 e. The maximum Gasteiger partial charge on any atom is 0.237 e. The molecule has 0 fully saturated rings. The summed E-state index contributed by atoms with van der Waals surface area (Å²) < 4.78 is 7.36. The Balaban J connectivity index is 1.76. The van der Waals surface area contributed by atoms with Gasteiger partial charge in [0.1, 0.15) is 5.75 Å². The molecule has 146 valence electrons. The number of ether oxygens (including phenoxy) is 1. The number of methoxy groups -OCH3 is 1. The highest BCUT2D eigenvalue weighted by atomic mass is 32.2. The van der Waals surface area contributed by atoms with Crippen LogP contribution >= 0.6 is 11.8 Å². The van der Waals surface area contributed by atoms with Crippen LogP contribution in [0.4, 0.5) is 5.69 Å². The molecule has 0 bridgehead atoms. The predicted molar refractivity (Wildman–Crippen MR) is 113 cm³/mol. The molecule has 3 aromatic rings. The first-order valence-electron chi connectivity index (χ1n) is 9.14. The third kappa shape index (κ3) is 4.36. The Kier molecular flexibility index (Phi) is 6.36. The summed E-state index contributed by atoms with van der Waals surface area (Å²) >= 11 is 1.39. The Hall–Kier alpha value is -2.80. The molecular formula is C21H24N4O2S. The maximum atomic E-state index is 12.7. The number of hydrogen-bond acceptors (Lipinski definition) is 5. The van der Waals surface area contributed by atoms with Crippen LogP contribution in [0.15, 0.2) is 53.7 Å². The molecule has 3 rings (SSSR count). The molecule has 0 saturated heterocycles. The first-order valence-corrected chi connectivity index (χ1v) is 10.0. The average molecular weight is 397 g/mol. The van der Waals surface area contributed by atoms with Crippen molar-refractivity contribution in [2.45, 2.75) is 37.7 Å². The summed E-state index contributed by atoms with van der Waals surface area (Å²) in [5.74, 6) is 1.33. The topological polar surface area (TPSA) is 69.0 Å². The molecule has 6 nitrogen and oxygen atoms in total. The van der Waals surface area contributed by atoms with Gasteiger partial charge in [0.25, 0.3) is 0 Å². The van der Waals surface area contributed by atoms with Crippen molar-refractivity contribution in [3.63, 3.8) is 0 Å². The molecule has 1 heterocycles. The lowest BCUT2D eigenvalue weighted by molar-refractivity contribution is -0.115. The van der Waals surface area contributed by atoms with Gasteiger partial charge < -0.3 is 14.6 Å². The van der Waals surface area contributed by atoms with E-state index in [0.29, 0.717) is 11.4 Å². The molecule has 0 unspecified atom stereocenters. The number of thioether (sulfide) groups is 1. The van der Waals surface area contributed by atoms with Gasteiger partial charge in [0, 0.05) is 12.1 Å². The van der Waals surface area contributed by atoms with E-state index in [1.807, 2.05) is 73.9 Å². The van der Waals surface area contributed by atoms with Gasteiger partial charge in [0.15, 0.2) is 11.0 Å². The van der Waals surface area contributed by atoms with Crippen molar-refractivity contribution in [1.29, 1.82) is 0 Å². The number of rotatable bonds is 7. The third-order valence-corrected chi connectivity index (χ3v) is 5.41. The van der Waals surface area contributed by atoms with Crippen LogP contribution in [0.2, 0.25) is 0 Å². The second-order valence-corrected chi connectivity index (χ2v) is 7.68. The molecule has 0 saturated carbocycles. The van der Waals surface area contributed by atoms with Crippen molar-refractivity contribution in [1.82, 2.24) is 14.8 Å².